The third kappa shape index (κ3) is 2.53. The molecule has 20 heavy (non-hydrogen) atoms. The Balaban J connectivity index is 1.88. The lowest BCUT2D eigenvalue weighted by Crippen LogP contribution is -2.27. The third-order valence-electron chi connectivity index (χ3n) is 3.90. The fraction of sp³-hybridized carbons (Fsp3) is 0.400. The summed E-state index contributed by atoms with van der Waals surface area (Å²) in [5.41, 5.74) is 3.62. The van der Waals surface area contributed by atoms with Crippen molar-refractivity contribution in [3.05, 3.63) is 34.5 Å². The molecule has 1 atom stereocenters. The lowest BCUT2D eigenvalue weighted by molar-refractivity contribution is -0.136. The molecule has 106 valence electrons. The first kappa shape index (κ1) is 13.5. The van der Waals surface area contributed by atoms with E-state index in [1.807, 2.05) is 18.2 Å². The maximum absolute atomic E-state index is 10.6. The van der Waals surface area contributed by atoms with Gasteiger partial charge in [-0.1, -0.05) is 11.6 Å². The van der Waals surface area contributed by atoms with Gasteiger partial charge in [0, 0.05) is 34.2 Å². The molecule has 2 aromatic rings. The molecule has 1 unspecified atom stereocenters. The molecular weight excluding hydrogens is 276 g/mol. The minimum Gasteiger partial charge on any atom is -0.481 e. The number of aryl methyl sites for hydroxylation is 1. The van der Waals surface area contributed by atoms with Crippen LogP contribution in [-0.4, -0.2) is 22.6 Å². The van der Waals surface area contributed by atoms with Crippen molar-refractivity contribution >= 4 is 28.5 Å². The molecule has 3 rings (SSSR count). The number of aromatic amines is 1. The van der Waals surface area contributed by atoms with Gasteiger partial charge in [0.2, 0.25) is 0 Å². The summed E-state index contributed by atoms with van der Waals surface area (Å²) in [6.07, 6.45) is 3.34. The van der Waals surface area contributed by atoms with Gasteiger partial charge in [-0.25, -0.2) is 0 Å². The standard InChI is InChI=1S/C15H17ClN2O2/c16-9-4-5-12-11(8-9)10-2-1-3-13(15(10)18-12)17-7-6-14(19)20/h4-5,8,13,17-18H,1-3,6-7H2,(H,19,20). The van der Waals surface area contributed by atoms with E-state index >= 15 is 0 Å². The predicted molar refractivity (Wildman–Crippen MR) is 79.2 cm³/mol. The van der Waals surface area contributed by atoms with Crippen LogP contribution in [0.5, 0.6) is 0 Å². The summed E-state index contributed by atoms with van der Waals surface area (Å²) >= 11 is 6.08. The molecule has 0 spiro atoms. The average molecular weight is 293 g/mol. The summed E-state index contributed by atoms with van der Waals surface area (Å²) in [5.74, 6) is -0.767. The third-order valence-corrected chi connectivity index (χ3v) is 4.13. The number of H-pyrrole nitrogens is 1. The lowest BCUT2D eigenvalue weighted by atomic mass is 9.91. The van der Waals surface area contributed by atoms with E-state index in [-0.39, 0.29) is 12.5 Å². The lowest BCUT2D eigenvalue weighted by Gasteiger charge is -2.23. The molecule has 1 aliphatic rings. The minimum absolute atomic E-state index is 0.151. The van der Waals surface area contributed by atoms with Crippen LogP contribution in [0.1, 0.15) is 36.6 Å². The van der Waals surface area contributed by atoms with Gasteiger partial charge in [0.15, 0.2) is 0 Å². The zero-order chi connectivity index (χ0) is 14.1. The van der Waals surface area contributed by atoms with Crippen LogP contribution < -0.4 is 5.32 Å². The number of aromatic nitrogens is 1. The maximum Gasteiger partial charge on any atom is 0.304 e. The van der Waals surface area contributed by atoms with Crippen LogP contribution in [0.2, 0.25) is 5.02 Å². The number of hydrogen-bond acceptors (Lipinski definition) is 2. The molecule has 1 aromatic carbocycles. The largest absolute Gasteiger partial charge is 0.481 e. The molecule has 5 heteroatoms. The number of carboxylic acids is 1. The Morgan fingerprint density at radius 3 is 3.15 bits per heavy atom. The van der Waals surface area contributed by atoms with Gasteiger partial charge in [-0.3, -0.25) is 4.79 Å². The molecule has 1 aliphatic carbocycles. The van der Waals surface area contributed by atoms with Crippen LogP contribution in [0.15, 0.2) is 18.2 Å². The molecule has 0 radical (unpaired) electrons. The molecular formula is C15H17ClN2O2. The van der Waals surface area contributed by atoms with Crippen LogP contribution in [0.3, 0.4) is 0 Å². The predicted octanol–water partition coefficient (Wildman–Crippen LogP) is 3.26. The van der Waals surface area contributed by atoms with Gasteiger partial charge in [0.25, 0.3) is 0 Å². The first-order valence-corrected chi connectivity index (χ1v) is 7.28. The van der Waals surface area contributed by atoms with Crippen molar-refractivity contribution < 1.29 is 9.90 Å². The number of fused-ring (bicyclic) bond motifs is 3. The first-order chi connectivity index (χ1) is 9.65. The van der Waals surface area contributed by atoms with E-state index in [1.165, 1.54) is 16.6 Å². The fourth-order valence-electron chi connectivity index (χ4n) is 2.99. The number of nitrogens with one attached hydrogen (secondary N) is 2. The van der Waals surface area contributed by atoms with E-state index in [0.717, 1.165) is 29.8 Å². The smallest absolute Gasteiger partial charge is 0.304 e. The molecule has 4 nitrogen and oxygen atoms in total. The number of aliphatic carboxylic acids is 1. The van der Waals surface area contributed by atoms with Crippen LogP contribution in [0.25, 0.3) is 10.9 Å². The van der Waals surface area contributed by atoms with Gasteiger partial charge >= 0.3 is 5.97 Å². The van der Waals surface area contributed by atoms with Gasteiger partial charge in [0.1, 0.15) is 0 Å². The van der Waals surface area contributed by atoms with E-state index < -0.39 is 5.97 Å². The van der Waals surface area contributed by atoms with Gasteiger partial charge in [-0.2, -0.15) is 0 Å². The summed E-state index contributed by atoms with van der Waals surface area (Å²) in [5, 5.41) is 14.0. The number of carboxylic acid groups (broad SMARTS) is 1. The number of rotatable bonds is 4. The van der Waals surface area contributed by atoms with E-state index in [0.29, 0.717) is 6.54 Å². The molecule has 3 N–H and O–H groups in total. The summed E-state index contributed by atoms with van der Waals surface area (Å²) < 4.78 is 0. The van der Waals surface area contributed by atoms with Gasteiger partial charge in [0.05, 0.1) is 6.42 Å². The van der Waals surface area contributed by atoms with Gasteiger partial charge in [-0.05, 0) is 43.0 Å². The quantitative estimate of drug-likeness (QED) is 0.810. The Kier molecular flexibility index (Phi) is 3.68. The zero-order valence-electron chi connectivity index (χ0n) is 11.1. The molecule has 1 aromatic heterocycles. The summed E-state index contributed by atoms with van der Waals surface area (Å²) in [4.78, 5) is 14.1. The normalized spacial score (nSPS) is 18.1. The van der Waals surface area contributed by atoms with E-state index in [9.17, 15) is 4.79 Å². The Morgan fingerprint density at radius 1 is 1.50 bits per heavy atom. The molecule has 0 amide bonds. The van der Waals surface area contributed by atoms with Crippen molar-refractivity contribution in [3.8, 4) is 0 Å². The molecule has 0 aliphatic heterocycles. The minimum atomic E-state index is -0.767. The summed E-state index contributed by atoms with van der Waals surface area (Å²) in [6, 6.07) is 6.11. The second kappa shape index (κ2) is 5.46. The van der Waals surface area contributed by atoms with Gasteiger partial charge < -0.3 is 15.4 Å². The number of carbonyl (C=O) groups is 1. The Hall–Kier alpha value is -1.52. The number of halogens is 1. The monoisotopic (exact) mass is 292 g/mol. The van der Waals surface area contributed by atoms with Crippen molar-refractivity contribution in [2.75, 3.05) is 6.54 Å². The van der Waals surface area contributed by atoms with Crippen LogP contribution in [0.4, 0.5) is 0 Å². The maximum atomic E-state index is 10.6. The van der Waals surface area contributed by atoms with E-state index in [1.54, 1.807) is 0 Å². The van der Waals surface area contributed by atoms with Crippen LogP contribution in [0, 0.1) is 0 Å². The molecule has 1 heterocycles. The second-order valence-electron chi connectivity index (χ2n) is 5.25. The molecule has 0 saturated heterocycles. The van der Waals surface area contributed by atoms with Crippen molar-refractivity contribution in [2.24, 2.45) is 0 Å². The highest BCUT2D eigenvalue weighted by atomic mass is 35.5. The number of hydrogen-bond donors (Lipinski definition) is 3. The van der Waals surface area contributed by atoms with Crippen LogP contribution >= 0.6 is 11.6 Å². The van der Waals surface area contributed by atoms with Crippen molar-refractivity contribution in [3.63, 3.8) is 0 Å². The molecule has 0 fully saturated rings. The molecule has 0 bridgehead atoms. The first-order valence-electron chi connectivity index (χ1n) is 6.90. The van der Waals surface area contributed by atoms with Crippen molar-refractivity contribution in [1.29, 1.82) is 0 Å². The van der Waals surface area contributed by atoms with Crippen molar-refractivity contribution in [2.45, 2.75) is 31.7 Å². The van der Waals surface area contributed by atoms with Crippen molar-refractivity contribution in [1.82, 2.24) is 10.3 Å². The summed E-state index contributed by atoms with van der Waals surface area (Å²) in [6.45, 7) is 0.496. The van der Waals surface area contributed by atoms with E-state index in [2.05, 4.69) is 10.3 Å². The highest BCUT2D eigenvalue weighted by Crippen LogP contribution is 2.35. The average Bonchev–Trinajstić information content (AvgIpc) is 2.77. The highest BCUT2D eigenvalue weighted by molar-refractivity contribution is 6.31. The Morgan fingerprint density at radius 2 is 2.35 bits per heavy atom. The summed E-state index contributed by atoms with van der Waals surface area (Å²) in [7, 11) is 0. The Bertz CT molecular complexity index is 651. The Labute approximate surface area is 122 Å². The highest BCUT2D eigenvalue weighted by Gasteiger charge is 2.23. The van der Waals surface area contributed by atoms with E-state index in [4.69, 9.17) is 16.7 Å². The van der Waals surface area contributed by atoms with Crippen LogP contribution in [-0.2, 0) is 11.2 Å². The number of benzene rings is 1. The van der Waals surface area contributed by atoms with Gasteiger partial charge in [-0.15, -0.1) is 0 Å². The SMILES string of the molecule is O=C(O)CCNC1CCCc2c1[nH]c1ccc(Cl)cc21. The fourth-order valence-corrected chi connectivity index (χ4v) is 3.16. The zero-order valence-corrected chi connectivity index (χ0v) is 11.8. The molecule has 0 saturated carbocycles. The topological polar surface area (TPSA) is 65.1 Å². The second-order valence-corrected chi connectivity index (χ2v) is 5.69.